The molecule has 1 atom stereocenters. The molecular weight excluding hydrogens is 504 g/mol. The summed E-state index contributed by atoms with van der Waals surface area (Å²) in [6.45, 7) is 9.88. The number of benzene rings is 3. The van der Waals surface area contributed by atoms with Gasteiger partial charge < -0.3 is 10.0 Å². The van der Waals surface area contributed by atoms with Crippen LogP contribution in [0.1, 0.15) is 42.1 Å². The molecule has 1 unspecified atom stereocenters. The van der Waals surface area contributed by atoms with Crippen molar-refractivity contribution < 1.29 is 14.7 Å². The SMILES string of the molecule is CCN(CC)c1ccc(C2/C(=C(\O)c3ccc(Br)cc3)C(=O)C(=O)N2c2cc(C)cc(C)c2)cc1. The molecule has 1 aliphatic rings. The first-order chi connectivity index (χ1) is 16.7. The van der Waals surface area contributed by atoms with Crippen molar-refractivity contribution in [1.29, 1.82) is 0 Å². The van der Waals surface area contributed by atoms with Crippen LogP contribution in [0.4, 0.5) is 11.4 Å². The Balaban J connectivity index is 1.91. The van der Waals surface area contributed by atoms with Gasteiger partial charge in [0, 0.05) is 34.5 Å². The zero-order valence-corrected chi connectivity index (χ0v) is 22.0. The van der Waals surface area contributed by atoms with Crippen LogP contribution in [0.25, 0.3) is 5.76 Å². The molecule has 0 radical (unpaired) electrons. The highest BCUT2D eigenvalue weighted by atomic mass is 79.9. The standard InChI is InChI=1S/C29H29BrN2O3/c1-5-31(6-2)23-13-9-20(10-14-23)26-25(27(33)21-7-11-22(30)12-8-21)28(34)29(35)32(26)24-16-18(3)15-19(4)17-24/h7-17,26,33H,5-6H2,1-4H3/b27-25+. The van der Waals surface area contributed by atoms with Gasteiger partial charge in [-0.15, -0.1) is 0 Å². The van der Waals surface area contributed by atoms with E-state index in [1.807, 2.05) is 56.3 Å². The average molecular weight is 533 g/mol. The topological polar surface area (TPSA) is 60.9 Å². The van der Waals surface area contributed by atoms with E-state index in [1.54, 1.807) is 24.3 Å². The summed E-state index contributed by atoms with van der Waals surface area (Å²) in [4.78, 5) is 30.5. The number of carbonyl (C=O) groups is 2. The number of aliphatic hydroxyl groups excluding tert-OH is 1. The van der Waals surface area contributed by atoms with Gasteiger partial charge in [0.2, 0.25) is 0 Å². The third kappa shape index (κ3) is 4.76. The second-order valence-corrected chi connectivity index (χ2v) is 9.70. The molecule has 1 aliphatic heterocycles. The molecule has 1 heterocycles. The molecule has 1 saturated heterocycles. The van der Waals surface area contributed by atoms with Crippen molar-refractivity contribution in [3.8, 4) is 0 Å². The molecule has 0 bridgehead atoms. The van der Waals surface area contributed by atoms with Crippen LogP contribution in [-0.2, 0) is 9.59 Å². The molecule has 180 valence electrons. The van der Waals surface area contributed by atoms with E-state index in [4.69, 9.17) is 0 Å². The van der Waals surface area contributed by atoms with Gasteiger partial charge in [0.05, 0.1) is 11.6 Å². The molecule has 1 amide bonds. The number of hydrogen-bond donors (Lipinski definition) is 1. The monoisotopic (exact) mass is 532 g/mol. The Hall–Kier alpha value is -3.38. The molecule has 0 saturated carbocycles. The maximum Gasteiger partial charge on any atom is 0.300 e. The maximum atomic E-state index is 13.4. The van der Waals surface area contributed by atoms with E-state index in [9.17, 15) is 14.7 Å². The van der Waals surface area contributed by atoms with Crippen molar-refractivity contribution in [2.45, 2.75) is 33.7 Å². The fourth-order valence-electron chi connectivity index (χ4n) is 4.72. The lowest BCUT2D eigenvalue weighted by Crippen LogP contribution is -2.29. The number of Topliss-reactive ketones (excluding diaryl/α,β-unsaturated/α-hetero) is 1. The van der Waals surface area contributed by atoms with E-state index in [2.05, 4.69) is 34.7 Å². The summed E-state index contributed by atoms with van der Waals surface area (Å²) < 4.78 is 0.855. The Morgan fingerprint density at radius 3 is 2.03 bits per heavy atom. The highest BCUT2D eigenvalue weighted by Crippen LogP contribution is 2.43. The van der Waals surface area contributed by atoms with Gasteiger partial charge in [-0.3, -0.25) is 14.5 Å². The van der Waals surface area contributed by atoms with Crippen LogP contribution in [0.5, 0.6) is 0 Å². The average Bonchev–Trinajstić information content (AvgIpc) is 3.10. The molecule has 0 aromatic heterocycles. The van der Waals surface area contributed by atoms with Crippen molar-refractivity contribution in [3.63, 3.8) is 0 Å². The van der Waals surface area contributed by atoms with Crippen LogP contribution in [-0.4, -0.2) is 29.9 Å². The highest BCUT2D eigenvalue weighted by Gasteiger charge is 2.47. The molecule has 0 spiro atoms. The van der Waals surface area contributed by atoms with Crippen LogP contribution in [0.2, 0.25) is 0 Å². The lowest BCUT2D eigenvalue weighted by molar-refractivity contribution is -0.132. The number of aryl methyl sites for hydroxylation is 2. The Kier molecular flexibility index (Phi) is 7.13. The number of amides is 1. The zero-order chi connectivity index (χ0) is 25.3. The molecule has 1 N–H and O–H groups in total. The molecule has 5 nitrogen and oxygen atoms in total. The van der Waals surface area contributed by atoms with Gasteiger partial charge in [-0.25, -0.2) is 0 Å². The largest absolute Gasteiger partial charge is 0.507 e. The van der Waals surface area contributed by atoms with Crippen LogP contribution in [0.3, 0.4) is 0 Å². The Morgan fingerprint density at radius 1 is 0.914 bits per heavy atom. The van der Waals surface area contributed by atoms with Crippen molar-refractivity contribution in [3.05, 3.63) is 99.0 Å². The number of aliphatic hydroxyl groups is 1. The van der Waals surface area contributed by atoms with Gasteiger partial charge in [-0.2, -0.15) is 0 Å². The van der Waals surface area contributed by atoms with Crippen LogP contribution >= 0.6 is 15.9 Å². The molecule has 35 heavy (non-hydrogen) atoms. The minimum Gasteiger partial charge on any atom is -0.507 e. The fraction of sp³-hybridized carbons (Fsp3) is 0.241. The van der Waals surface area contributed by atoms with E-state index in [-0.39, 0.29) is 11.3 Å². The first kappa shape index (κ1) is 24.7. The van der Waals surface area contributed by atoms with E-state index in [1.165, 1.54) is 4.90 Å². The summed E-state index contributed by atoms with van der Waals surface area (Å²) in [6, 6.07) is 20.0. The molecule has 1 fully saturated rings. The summed E-state index contributed by atoms with van der Waals surface area (Å²) >= 11 is 3.40. The molecule has 3 aromatic rings. The minimum atomic E-state index is -0.745. The molecular formula is C29H29BrN2O3. The van der Waals surface area contributed by atoms with Gasteiger partial charge >= 0.3 is 0 Å². The van der Waals surface area contributed by atoms with E-state index in [0.29, 0.717) is 11.3 Å². The van der Waals surface area contributed by atoms with Gasteiger partial charge in [-0.05, 0) is 80.8 Å². The number of hydrogen-bond acceptors (Lipinski definition) is 4. The molecule has 0 aliphatic carbocycles. The first-order valence-corrected chi connectivity index (χ1v) is 12.5. The van der Waals surface area contributed by atoms with Crippen LogP contribution in [0, 0.1) is 13.8 Å². The molecule has 4 rings (SSSR count). The second kappa shape index (κ2) is 10.1. The summed E-state index contributed by atoms with van der Waals surface area (Å²) in [7, 11) is 0. The number of anilines is 2. The summed E-state index contributed by atoms with van der Waals surface area (Å²) in [5, 5.41) is 11.3. The van der Waals surface area contributed by atoms with E-state index < -0.39 is 17.7 Å². The highest BCUT2D eigenvalue weighted by molar-refractivity contribution is 9.10. The van der Waals surface area contributed by atoms with Crippen molar-refractivity contribution >= 4 is 44.8 Å². The van der Waals surface area contributed by atoms with Crippen LogP contribution < -0.4 is 9.80 Å². The Morgan fingerprint density at radius 2 is 1.49 bits per heavy atom. The predicted octanol–water partition coefficient (Wildman–Crippen LogP) is 6.54. The number of nitrogens with zero attached hydrogens (tertiary/aromatic N) is 2. The third-order valence-corrected chi connectivity index (χ3v) is 6.91. The Bertz CT molecular complexity index is 1270. The fourth-order valence-corrected chi connectivity index (χ4v) is 4.99. The van der Waals surface area contributed by atoms with Crippen molar-refractivity contribution in [1.82, 2.24) is 0 Å². The smallest absolute Gasteiger partial charge is 0.300 e. The van der Waals surface area contributed by atoms with Crippen LogP contribution in [0.15, 0.2) is 76.8 Å². The third-order valence-electron chi connectivity index (χ3n) is 6.38. The van der Waals surface area contributed by atoms with E-state index >= 15 is 0 Å². The summed E-state index contributed by atoms with van der Waals surface area (Å²) in [5.74, 6) is -1.52. The summed E-state index contributed by atoms with van der Waals surface area (Å²) in [6.07, 6.45) is 0. The number of halogens is 1. The number of rotatable bonds is 6. The lowest BCUT2D eigenvalue weighted by Gasteiger charge is -2.27. The van der Waals surface area contributed by atoms with Gasteiger partial charge in [0.25, 0.3) is 11.7 Å². The maximum absolute atomic E-state index is 13.4. The van der Waals surface area contributed by atoms with E-state index in [0.717, 1.165) is 39.9 Å². The van der Waals surface area contributed by atoms with Crippen molar-refractivity contribution in [2.24, 2.45) is 0 Å². The normalized spacial score (nSPS) is 17.2. The first-order valence-electron chi connectivity index (χ1n) is 11.7. The molecule has 3 aromatic carbocycles. The van der Waals surface area contributed by atoms with Crippen molar-refractivity contribution in [2.75, 3.05) is 22.9 Å². The predicted molar refractivity (Wildman–Crippen MR) is 145 cm³/mol. The second-order valence-electron chi connectivity index (χ2n) is 8.79. The lowest BCUT2D eigenvalue weighted by atomic mass is 9.94. The van der Waals surface area contributed by atoms with Gasteiger partial charge in [0.15, 0.2) is 0 Å². The quantitative estimate of drug-likeness (QED) is 0.222. The number of carbonyl (C=O) groups excluding carboxylic acids is 2. The minimum absolute atomic E-state index is 0.0899. The van der Waals surface area contributed by atoms with Gasteiger partial charge in [0.1, 0.15) is 5.76 Å². The van der Waals surface area contributed by atoms with Gasteiger partial charge in [-0.1, -0.05) is 46.3 Å². The summed E-state index contributed by atoms with van der Waals surface area (Å²) in [5.41, 5.74) is 5.02. The number of ketones is 1. The zero-order valence-electron chi connectivity index (χ0n) is 20.4. The Labute approximate surface area is 214 Å². The molecule has 6 heteroatoms.